The Morgan fingerprint density at radius 3 is 2.69 bits per heavy atom. The molecule has 1 fully saturated rings. The van der Waals surface area contributed by atoms with Crippen LogP contribution >= 0.6 is 0 Å². The zero-order valence-corrected chi connectivity index (χ0v) is 11.4. The molecule has 0 amide bonds. The van der Waals surface area contributed by atoms with E-state index >= 15 is 0 Å². The molecule has 0 aromatic heterocycles. The van der Waals surface area contributed by atoms with Crippen molar-refractivity contribution in [3.8, 4) is 0 Å². The van der Waals surface area contributed by atoms with Crippen molar-refractivity contribution in [2.75, 3.05) is 39.4 Å². The van der Waals surface area contributed by atoms with E-state index in [9.17, 15) is 0 Å². The molecule has 3 heteroatoms. The zero-order valence-electron chi connectivity index (χ0n) is 11.4. The monoisotopic (exact) mass is 228 g/mol. The van der Waals surface area contributed by atoms with Crippen molar-refractivity contribution in [1.82, 2.24) is 10.2 Å². The summed E-state index contributed by atoms with van der Waals surface area (Å²) in [5, 5.41) is 3.52. The summed E-state index contributed by atoms with van der Waals surface area (Å²) in [5.74, 6) is 0.748. The molecule has 1 saturated heterocycles. The molecule has 16 heavy (non-hydrogen) atoms. The highest BCUT2D eigenvalue weighted by atomic mass is 16.5. The summed E-state index contributed by atoms with van der Waals surface area (Å²) in [6, 6.07) is 0. The minimum absolute atomic E-state index is 0.260. The van der Waals surface area contributed by atoms with Gasteiger partial charge in [-0.15, -0.1) is 0 Å². The zero-order chi connectivity index (χ0) is 12.0. The summed E-state index contributed by atoms with van der Waals surface area (Å²) in [6.45, 7) is 15.2. The minimum Gasteiger partial charge on any atom is -0.380 e. The van der Waals surface area contributed by atoms with Gasteiger partial charge in [-0.2, -0.15) is 0 Å². The fourth-order valence-electron chi connectivity index (χ4n) is 2.05. The molecule has 1 N–H and O–H groups in total. The fraction of sp³-hybridized carbons (Fsp3) is 1.00. The second kappa shape index (κ2) is 6.58. The van der Waals surface area contributed by atoms with Crippen molar-refractivity contribution in [1.29, 1.82) is 0 Å². The first-order valence-electron chi connectivity index (χ1n) is 6.55. The number of rotatable bonds is 6. The van der Waals surface area contributed by atoms with Crippen LogP contribution in [0.25, 0.3) is 0 Å². The molecule has 0 bridgehead atoms. The fourth-order valence-corrected chi connectivity index (χ4v) is 2.05. The lowest BCUT2D eigenvalue weighted by Gasteiger charge is -2.39. The van der Waals surface area contributed by atoms with Crippen molar-refractivity contribution in [2.45, 2.75) is 39.7 Å². The largest absolute Gasteiger partial charge is 0.380 e. The maximum atomic E-state index is 5.65. The van der Waals surface area contributed by atoms with Crippen molar-refractivity contribution in [3.05, 3.63) is 0 Å². The Labute approximate surface area is 101 Å². The molecule has 0 aliphatic carbocycles. The van der Waals surface area contributed by atoms with Gasteiger partial charge in [0, 0.05) is 38.3 Å². The van der Waals surface area contributed by atoms with Crippen LogP contribution in [-0.2, 0) is 4.74 Å². The van der Waals surface area contributed by atoms with E-state index in [1.807, 2.05) is 0 Å². The van der Waals surface area contributed by atoms with Crippen molar-refractivity contribution in [2.24, 2.45) is 5.92 Å². The third-order valence-electron chi connectivity index (χ3n) is 3.04. The Balaban J connectivity index is 2.04. The van der Waals surface area contributed by atoms with E-state index in [1.54, 1.807) is 0 Å². The average molecular weight is 228 g/mol. The molecule has 0 saturated carbocycles. The van der Waals surface area contributed by atoms with E-state index < -0.39 is 0 Å². The number of hydrogen-bond acceptors (Lipinski definition) is 3. The van der Waals surface area contributed by atoms with E-state index in [0.717, 1.165) is 45.3 Å². The first-order chi connectivity index (χ1) is 7.49. The molecule has 0 spiro atoms. The highest BCUT2D eigenvalue weighted by Crippen LogP contribution is 2.09. The van der Waals surface area contributed by atoms with Gasteiger partial charge in [-0.25, -0.2) is 0 Å². The maximum Gasteiger partial charge on any atom is 0.0593 e. The second-order valence-electron chi connectivity index (χ2n) is 5.88. The molecule has 1 aliphatic heterocycles. The lowest BCUT2D eigenvalue weighted by molar-refractivity contribution is 0.0753. The molecule has 0 aromatic carbocycles. The van der Waals surface area contributed by atoms with Crippen LogP contribution in [0.3, 0.4) is 0 Å². The van der Waals surface area contributed by atoms with Gasteiger partial charge in [0.25, 0.3) is 0 Å². The van der Waals surface area contributed by atoms with Crippen LogP contribution in [0, 0.1) is 5.92 Å². The number of ether oxygens (including phenoxy) is 1. The maximum absolute atomic E-state index is 5.65. The molecule has 0 atom stereocenters. The summed E-state index contributed by atoms with van der Waals surface area (Å²) in [5.41, 5.74) is 0.260. The van der Waals surface area contributed by atoms with Crippen LogP contribution in [0.15, 0.2) is 0 Å². The molecule has 0 aromatic rings. The Morgan fingerprint density at radius 1 is 1.31 bits per heavy atom. The lowest BCUT2D eigenvalue weighted by Crippen LogP contribution is -2.57. The first-order valence-corrected chi connectivity index (χ1v) is 6.55. The van der Waals surface area contributed by atoms with Gasteiger partial charge in [0.2, 0.25) is 0 Å². The lowest BCUT2D eigenvalue weighted by atomic mass is 10.0. The van der Waals surface area contributed by atoms with Gasteiger partial charge in [-0.3, -0.25) is 4.90 Å². The van der Waals surface area contributed by atoms with Crippen LogP contribution in [0.2, 0.25) is 0 Å². The van der Waals surface area contributed by atoms with Crippen LogP contribution in [-0.4, -0.2) is 49.8 Å². The Kier molecular flexibility index (Phi) is 5.73. The summed E-state index contributed by atoms with van der Waals surface area (Å²) >= 11 is 0. The Bertz CT molecular complexity index is 192. The van der Waals surface area contributed by atoms with E-state index in [-0.39, 0.29) is 5.54 Å². The van der Waals surface area contributed by atoms with Crippen LogP contribution in [0.4, 0.5) is 0 Å². The standard InChI is InChI=1S/C13H28N2O/c1-12(2)5-9-16-10-8-15-7-6-14-13(3,4)11-15/h12,14H,5-11H2,1-4H3. The van der Waals surface area contributed by atoms with E-state index in [1.165, 1.54) is 6.42 Å². The first kappa shape index (κ1) is 13.9. The van der Waals surface area contributed by atoms with Gasteiger partial charge < -0.3 is 10.1 Å². The van der Waals surface area contributed by atoms with E-state index in [0.29, 0.717) is 0 Å². The van der Waals surface area contributed by atoms with Crippen LogP contribution in [0.1, 0.15) is 34.1 Å². The van der Waals surface area contributed by atoms with Gasteiger partial charge in [0.15, 0.2) is 0 Å². The second-order valence-corrected chi connectivity index (χ2v) is 5.88. The number of piperazine rings is 1. The molecule has 3 nitrogen and oxygen atoms in total. The Hall–Kier alpha value is -0.120. The Morgan fingerprint density at radius 2 is 2.06 bits per heavy atom. The molecule has 1 rings (SSSR count). The van der Waals surface area contributed by atoms with Crippen LogP contribution < -0.4 is 5.32 Å². The third-order valence-corrected chi connectivity index (χ3v) is 3.04. The smallest absolute Gasteiger partial charge is 0.0593 e. The summed E-state index contributed by atoms with van der Waals surface area (Å²) in [4.78, 5) is 2.49. The quantitative estimate of drug-likeness (QED) is 0.701. The van der Waals surface area contributed by atoms with Crippen molar-refractivity contribution >= 4 is 0 Å². The SMILES string of the molecule is CC(C)CCOCCN1CCNC(C)(C)C1. The topological polar surface area (TPSA) is 24.5 Å². The molecule has 0 radical (unpaired) electrons. The third kappa shape index (κ3) is 5.83. The summed E-state index contributed by atoms with van der Waals surface area (Å²) in [7, 11) is 0. The van der Waals surface area contributed by atoms with E-state index in [2.05, 4.69) is 37.9 Å². The number of nitrogens with zero attached hydrogens (tertiary/aromatic N) is 1. The van der Waals surface area contributed by atoms with Gasteiger partial charge >= 0.3 is 0 Å². The minimum atomic E-state index is 0.260. The molecule has 1 aliphatic rings. The number of hydrogen-bond donors (Lipinski definition) is 1. The predicted octanol–water partition coefficient (Wildman–Crippen LogP) is 1.73. The molecule has 0 unspecified atom stereocenters. The summed E-state index contributed by atoms with van der Waals surface area (Å²) in [6.07, 6.45) is 1.17. The van der Waals surface area contributed by atoms with E-state index in [4.69, 9.17) is 4.74 Å². The highest BCUT2D eigenvalue weighted by Gasteiger charge is 2.24. The van der Waals surface area contributed by atoms with Gasteiger partial charge in [-0.1, -0.05) is 13.8 Å². The summed E-state index contributed by atoms with van der Waals surface area (Å²) < 4.78 is 5.65. The highest BCUT2D eigenvalue weighted by molar-refractivity contribution is 4.86. The number of nitrogens with one attached hydrogen (secondary N) is 1. The van der Waals surface area contributed by atoms with Gasteiger partial charge in [0.1, 0.15) is 0 Å². The average Bonchev–Trinajstić information content (AvgIpc) is 2.15. The predicted molar refractivity (Wildman–Crippen MR) is 68.8 cm³/mol. The molecule has 1 heterocycles. The van der Waals surface area contributed by atoms with Crippen molar-refractivity contribution in [3.63, 3.8) is 0 Å². The molecular weight excluding hydrogens is 200 g/mol. The van der Waals surface area contributed by atoms with Crippen molar-refractivity contribution < 1.29 is 4.74 Å². The molecular formula is C13H28N2O. The van der Waals surface area contributed by atoms with Gasteiger partial charge in [0.05, 0.1) is 6.61 Å². The van der Waals surface area contributed by atoms with Gasteiger partial charge in [-0.05, 0) is 26.2 Å². The molecule has 96 valence electrons. The normalized spacial score (nSPS) is 21.6. The van der Waals surface area contributed by atoms with Crippen LogP contribution in [0.5, 0.6) is 0 Å².